The molecule has 150 valence electrons. The van der Waals surface area contributed by atoms with Crippen molar-refractivity contribution in [3.63, 3.8) is 0 Å². The number of rotatable bonds is 6. The van der Waals surface area contributed by atoms with E-state index in [-0.39, 0.29) is 22.3 Å². The number of carbonyl (C=O) groups is 2. The van der Waals surface area contributed by atoms with Gasteiger partial charge in [0.2, 0.25) is 0 Å². The fraction of sp³-hybridized carbons (Fsp3) is 0. The molecular weight excluding hydrogens is 396 g/mol. The van der Waals surface area contributed by atoms with Crippen LogP contribution in [0.5, 0.6) is 11.5 Å². The molecule has 3 rings (SSSR count). The van der Waals surface area contributed by atoms with Gasteiger partial charge < -0.3 is 10.2 Å². The van der Waals surface area contributed by atoms with Crippen LogP contribution in [0.3, 0.4) is 0 Å². The summed E-state index contributed by atoms with van der Waals surface area (Å²) in [5.41, 5.74) is -0.977. The molecule has 0 radical (unpaired) electrons. The first-order valence-corrected chi connectivity index (χ1v) is 8.33. The van der Waals surface area contributed by atoms with Gasteiger partial charge in [-0.3, -0.25) is 29.8 Å². The van der Waals surface area contributed by atoms with Gasteiger partial charge in [-0.25, -0.2) is 0 Å². The normalized spacial score (nSPS) is 10.4. The minimum Gasteiger partial charge on any atom is -0.502 e. The van der Waals surface area contributed by atoms with Crippen LogP contribution in [-0.2, 0) is 0 Å². The van der Waals surface area contributed by atoms with Gasteiger partial charge in [0.25, 0.3) is 0 Å². The number of phenolic OH excluding ortho intramolecular Hbond substituents is 2. The molecule has 0 aliphatic carbocycles. The average molecular weight is 408 g/mol. The molecule has 0 amide bonds. The highest BCUT2D eigenvalue weighted by Gasteiger charge is 2.20. The van der Waals surface area contributed by atoms with Gasteiger partial charge in [0.05, 0.1) is 9.85 Å². The zero-order chi connectivity index (χ0) is 22.0. The van der Waals surface area contributed by atoms with E-state index < -0.39 is 44.3 Å². The smallest absolute Gasteiger partial charge is 0.311 e. The molecule has 0 aromatic heterocycles. The fourth-order valence-corrected chi connectivity index (χ4v) is 2.73. The maximum absolute atomic E-state index is 12.5. The number of hydrogen-bond donors (Lipinski definition) is 2. The molecule has 30 heavy (non-hydrogen) atoms. The van der Waals surface area contributed by atoms with Crippen LogP contribution in [-0.4, -0.2) is 31.6 Å². The van der Waals surface area contributed by atoms with E-state index >= 15 is 0 Å². The van der Waals surface area contributed by atoms with Crippen LogP contribution in [0.4, 0.5) is 11.4 Å². The second-order valence-electron chi connectivity index (χ2n) is 6.16. The standard InChI is InChI=1S/C20H12N2O8/c23-17-7-5-13(9-15(17)21(27)28)19(25)11-1-2-12(4-3-11)20(26)14-6-8-18(24)16(10-14)22(29)30/h1-10,23-24H. The van der Waals surface area contributed by atoms with Crippen molar-refractivity contribution in [2.75, 3.05) is 0 Å². The number of phenols is 2. The summed E-state index contributed by atoms with van der Waals surface area (Å²) in [5, 5.41) is 40.8. The SMILES string of the molecule is O=C(c1ccc(C(=O)c2ccc(O)c([N+](=O)[O-])c2)cc1)c1ccc(O)c([N+](=O)[O-])c1. The Morgan fingerprint density at radius 2 is 0.900 bits per heavy atom. The third-order valence-electron chi connectivity index (χ3n) is 4.28. The van der Waals surface area contributed by atoms with Gasteiger partial charge in [0.1, 0.15) is 0 Å². The van der Waals surface area contributed by atoms with Crippen molar-refractivity contribution in [3.05, 3.63) is 103 Å². The molecule has 2 N–H and O–H groups in total. The molecule has 3 aromatic rings. The third kappa shape index (κ3) is 3.83. The number of nitro benzene ring substituents is 2. The molecule has 0 fully saturated rings. The third-order valence-corrected chi connectivity index (χ3v) is 4.28. The number of nitrogens with zero attached hydrogens (tertiary/aromatic N) is 2. The molecule has 0 bridgehead atoms. The number of ketones is 2. The van der Waals surface area contributed by atoms with Crippen LogP contribution in [0, 0.1) is 20.2 Å². The van der Waals surface area contributed by atoms with Crippen LogP contribution >= 0.6 is 0 Å². The van der Waals surface area contributed by atoms with E-state index in [0.717, 1.165) is 24.3 Å². The minimum atomic E-state index is -0.815. The maximum Gasteiger partial charge on any atom is 0.311 e. The van der Waals surface area contributed by atoms with Gasteiger partial charge in [-0.05, 0) is 24.3 Å². The quantitative estimate of drug-likeness (QED) is 0.356. The minimum absolute atomic E-state index is 0.0206. The number of nitro groups is 2. The van der Waals surface area contributed by atoms with Crippen molar-refractivity contribution in [1.29, 1.82) is 0 Å². The summed E-state index contributed by atoms with van der Waals surface area (Å²) in [6, 6.07) is 11.8. The van der Waals surface area contributed by atoms with E-state index in [2.05, 4.69) is 0 Å². The van der Waals surface area contributed by atoms with Crippen molar-refractivity contribution in [1.82, 2.24) is 0 Å². The van der Waals surface area contributed by atoms with Gasteiger partial charge in [0, 0.05) is 34.4 Å². The molecule has 0 aliphatic heterocycles. The van der Waals surface area contributed by atoms with Gasteiger partial charge >= 0.3 is 11.4 Å². The molecule has 10 nitrogen and oxygen atoms in total. The van der Waals surface area contributed by atoms with E-state index in [9.17, 15) is 40.0 Å². The highest BCUT2D eigenvalue weighted by atomic mass is 16.6. The first-order chi connectivity index (χ1) is 14.2. The number of benzene rings is 3. The summed E-state index contributed by atoms with van der Waals surface area (Å²) >= 11 is 0. The lowest BCUT2D eigenvalue weighted by Gasteiger charge is -2.05. The summed E-state index contributed by atoms with van der Waals surface area (Å²) in [6.07, 6.45) is 0. The van der Waals surface area contributed by atoms with E-state index in [4.69, 9.17) is 0 Å². The Morgan fingerprint density at radius 3 is 1.20 bits per heavy atom. The molecule has 0 unspecified atom stereocenters. The molecule has 0 heterocycles. The van der Waals surface area contributed by atoms with Crippen molar-refractivity contribution in [2.45, 2.75) is 0 Å². The molecule has 3 aromatic carbocycles. The van der Waals surface area contributed by atoms with Crippen molar-refractivity contribution < 1.29 is 29.6 Å². The lowest BCUT2D eigenvalue weighted by Crippen LogP contribution is -2.05. The summed E-state index contributed by atoms with van der Waals surface area (Å²) in [5.74, 6) is -2.25. The summed E-state index contributed by atoms with van der Waals surface area (Å²) in [4.78, 5) is 45.3. The zero-order valence-corrected chi connectivity index (χ0v) is 15.0. The molecule has 0 saturated heterocycles. The first kappa shape index (κ1) is 20.1. The van der Waals surface area contributed by atoms with Crippen LogP contribution in [0.25, 0.3) is 0 Å². The Hall–Kier alpha value is -4.60. The van der Waals surface area contributed by atoms with Gasteiger partial charge in [-0.1, -0.05) is 24.3 Å². The van der Waals surface area contributed by atoms with Crippen LogP contribution in [0.1, 0.15) is 31.8 Å². The summed E-state index contributed by atoms with van der Waals surface area (Å²) in [6.45, 7) is 0. The Morgan fingerprint density at radius 1 is 0.600 bits per heavy atom. The van der Waals surface area contributed by atoms with Gasteiger partial charge in [0.15, 0.2) is 23.1 Å². The average Bonchev–Trinajstić information content (AvgIpc) is 2.73. The number of hydrogen-bond acceptors (Lipinski definition) is 8. The maximum atomic E-state index is 12.5. The van der Waals surface area contributed by atoms with Crippen molar-refractivity contribution in [3.8, 4) is 11.5 Å². The van der Waals surface area contributed by atoms with E-state index in [1.165, 1.54) is 36.4 Å². The predicted octanol–water partition coefficient (Wildman–Crippen LogP) is 3.38. The fourth-order valence-electron chi connectivity index (χ4n) is 2.73. The first-order valence-electron chi connectivity index (χ1n) is 8.33. The second kappa shape index (κ2) is 7.80. The lowest BCUT2D eigenvalue weighted by atomic mass is 9.98. The molecule has 10 heteroatoms. The summed E-state index contributed by atoms with van der Waals surface area (Å²) in [7, 11) is 0. The predicted molar refractivity (Wildman–Crippen MR) is 103 cm³/mol. The van der Waals surface area contributed by atoms with Crippen LogP contribution < -0.4 is 0 Å². The Kier molecular flexibility index (Phi) is 5.23. The highest BCUT2D eigenvalue weighted by Crippen LogP contribution is 2.29. The number of carbonyl (C=O) groups excluding carboxylic acids is 2. The Balaban J connectivity index is 1.88. The second-order valence-corrected chi connectivity index (χ2v) is 6.16. The highest BCUT2D eigenvalue weighted by molar-refractivity contribution is 6.12. The Bertz CT molecular complexity index is 1110. The zero-order valence-electron chi connectivity index (χ0n) is 15.0. The Labute approximate surface area is 167 Å². The monoisotopic (exact) mass is 408 g/mol. The largest absolute Gasteiger partial charge is 0.502 e. The molecule has 0 spiro atoms. The topological polar surface area (TPSA) is 161 Å². The van der Waals surface area contributed by atoms with Crippen LogP contribution in [0.15, 0.2) is 60.7 Å². The van der Waals surface area contributed by atoms with E-state index in [1.807, 2.05) is 0 Å². The molecular formula is C20H12N2O8. The van der Waals surface area contributed by atoms with Crippen molar-refractivity contribution >= 4 is 22.9 Å². The molecule has 0 saturated carbocycles. The van der Waals surface area contributed by atoms with Gasteiger partial charge in [-0.15, -0.1) is 0 Å². The van der Waals surface area contributed by atoms with Crippen molar-refractivity contribution in [2.24, 2.45) is 0 Å². The lowest BCUT2D eigenvalue weighted by molar-refractivity contribution is -0.386. The number of aromatic hydroxyl groups is 2. The van der Waals surface area contributed by atoms with Gasteiger partial charge in [-0.2, -0.15) is 0 Å². The summed E-state index contributed by atoms with van der Waals surface area (Å²) < 4.78 is 0. The molecule has 0 aliphatic rings. The van der Waals surface area contributed by atoms with E-state index in [0.29, 0.717) is 0 Å². The van der Waals surface area contributed by atoms with Crippen LogP contribution in [0.2, 0.25) is 0 Å². The van der Waals surface area contributed by atoms with E-state index in [1.54, 1.807) is 0 Å². The molecule has 0 atom stereocenters.